The maximum absolute atomic E-state index is 14.2. The van der Waals surface area contributed by atoms with Crippen molar-refractivity contribution in [2.45, 2.75) is 18.9 Å². The lowest BCUT2D eigenvalue weighted by Gasteiger charge is -2.10. The monoisotopic (exact) mass is 436 g/mol. The molecular formula is C23H25FN6O2. The van der Waals surface area contributed by atoms with Crippen molar-refractivity contribution in [1.82, 2.24) is 19.9 Å². The molecule has 0 aliphatic carbocycles. The molecule has 1 fully saturated rings. The van der Waals surface area contributed by atoms with Gasteiger partial charge in [0.1, 0.15) is 11.6 Å². The van der Waals surface area contributed by atoms with Crippen molar-refractivity contribution >= 4 is 28.7 Å². The summed E-state index contributed by atoms with van der Waals surface area (Å²) in [6, 6.07) is 6.30. The van der Waals surface area contributed by atoms with Gasteiger partial charge in [-0.1, -0.05) is 0 Å². The number of fused-ring (bicyclic) bond motifs is 1. The van der Waals surface area contributed by atoms with Gasteiger partial charge in [0.25, 0.3) is 5.91 Å². The van der Waals surface area contributed by atoms with Crippen LogP contribution in [-0.2, 0) is 18.3 Å². The van der Waals surface area contributed by atoms with Gasteiger partial charge >= 0.3 is 0 Å². The van der Waals surface area contributed by atoms with E-state index in [9.17, 15) is 9.18 Å². The molecule has 0 bridgehead atoms. The number of carbonyl (C=O) groups excluding carboxylic acids is 1. The number of hydrogen-bond donors (Lipinski definition) is 2. The van der Waals surface area contributed by atoms with E-state index in [1.165, 1.54) is 18.3 Å². The van der Waals surface area contributed by atoms with Gasteiger partial charge in [-0.3, -0.25) is 9.79 Å². The predicted octanol–water partition coefficient (Wildman–Crippen LogP) is 2.54. The van der Waals surface area contributed by atoms with E-state index in [2.05, 4.69) is 15.3 Å². The lowest BCUT2D eigenvalue weighted by atomic mass is 10.0. The van der Waals surface area contributed by atoms with Crippen LogP contribution >= 0.6 is 0 Å². The molecule has 32 heavy (non-hydrogen) atoms. The summed E-state index contributed by atoms with van der Waals surface area (Å²) >= 11 is 0. The summed E-state index contributed by atoms with van der Waals surface area (Å²) in [5.74, 6) is 0.299. The van der Waals surface area contributed by atoms with Crippen molar-refractivity contribution in [3.05, 3.63) is 65.1 Å². The Labute approximate surface area is 185 Å². The van der Waals surface area contributed by atoms with Crippen LogP contribution in [-0.4, -0.2) is 46.9 Å². The van der Waals surface area contributed by atoms with Gasteiger partial charge in [-0.05, 0) is 41.8 Å². The predicted molar refractivity (Wildman–Crippen MR) is 121 cm³/mol. The third-order valence-corrected chi connectivity index (χ3v) is 5.52. The second-order valence-electron chi connectivity index (χ2n) is 7.66. The van der Waals surface area contributed by atoms with Crippen LogP contribution in [0.3, 0.4) is 0 Å². The van der Waals surface area contributed by atoms with Gasteiger partial charge in [-0.25, -0.2) is 14.4 Å². The average Bonchev–Trinajstić information content (AvgIpc) is 3.43. The number of carbonyl (C=O) groups is 1. The van der Waals surface area contributed by atoms with Crippen LogP contribution in [0.4, 0.5) is 4.39 Å². The molecule has 0 saturated carbocycles. The van der Waals surface area contributed by atoms with E-state index in [1.54, 1.807) is 31.6 Å². The first kappa shape index (κ1) is 21.6. The van der Waals surface area contributed by atoms with Crippen LogP contribution in [0.5, 0.6) is 0 Å². The maximum Gasteiger partial charge on any atom is 0.272 e. The number of ether oxygens (including phenoxy) is 1. The molecule has 0 spiro atoms. The summed E-state index contributed by atoms with van der Waals surface area (Å²) in [6.45, 7) is 1.46. The fraction of sp³-hybridized carbons (Fsp3) is 0.304. The molecular weight excluding hydrogens is 411 g/mol. The van der Waals surface area contributed by atoms with Gasteiger partial charge < -0.3 is 20.4 Å². The number of aliphatic imine (C=N–C) groups is 1. The summed E-state index contributed by atoms with van der Waals surface area (Å²) in [5, 5.41) is 2.84. The number of pyridine rings is 1. The first-order valence-corrected chi connectivity index (χ1v) is 10.3. The number of aromatic nitrogens is 3. The largest absolute Gasteiger partial charge is 0.404 e. The van der Waals surface area contributed by atoms with Gasteiger partial charge in [0.15, 0.2) is 5.69 Å². The number of amides is 1. The Hall–Kier alpha value is -3.59. The molecule has 166 valence electrons. The molecule has 8 nitrogen and oxygen atoms in total. The molecule has 2 aromatic heterocycles. The molecule has 1 atom stereocenters. The quantitative estimate of drug-likeness (QED) is 0.578. The van der Waals surface area contributed by atoms with Crippen LogP contribution in [0, 0.1) is 5.82 Å². The summed E-state index contributed by atoms with van der Waals surface area (Å²) in [5.41, 5.74) is 9.05. The molecule has 0 radical (unpaired) electrons. The Morgan fingerprint density at radius 1 is 1.44 bits per heavy atom. The van der Waals surface area contributed by atoms with Crippen molar-refractivity contribution < 1.29 is 13.9 Å². The summed E-state index contributed by atoms with van der Waals surface area (Å²) in [6.07, 6.45) is 5.39. The van der Waals surface area contributed by atoms with E-state index in [0.717, 1.165) is 12.2 Å². The minimum atomic E-state index is -0.425. The fourth-order valence-electron chi connectivity index (χ4n) is 3.99. The minimum Gasteiger partial charge on any atom is -0.404 e. The molecule has 3 heterocycles. The maximum atomic E-state index is 14.2. The van der Waals surface area contributed by atoms with E-state index in [0.29, 0.717) is 40.9 Å². The van der Waals surface area contributed by atoms with Gasteiger partial charge in [0.05, 0.1) is 17.6 Å². The fourth-order valence-corrected chi connectivity index (χ4v) is 3.99. The Morgan fingerprint density at radius 2 is 2.28 bits per heavy atom. The number of halogens is 1. The zero-order valence-corrected chi connectivity index (χ0v) is 18.0. The molecule has 3 N–H and O–H groups in total. The van der Waals surface area contributed by atoms with Crippen molar-refractivity contribution in [2.75, 3.05) is 20.3 Å². The molecule has 3 aromatic rings. The number of nitrogens with one attached hydrogen (secondary N) is 1. The van der Waals surface area contributed by atoms with Gasteiger partial charge in [-0.2, -0.15) is 0 Å². The van der Waals surface area contributed by atoms with Crippen molar-refractivity contribution in [3.8, 4) is 0 Å². The highest BCUT2D eigenvalue weighted by atomic mass is 19.1. The molecule has 1 unspecified atom stereocenters. The summed E-state index contributed by atoms with van der Waals surface area (Å²) in [4.78, 5) is 25.9. The standard InChI is InChI=1S/C23H25FN6O2/c1-26-12-17(10-25)16-7-14(8-18(24)9-16)11-28-23(31)20-21-19(3-5-27-20)29-22(30(21)2)15-4-6-32-13-15/h3,5,7-10,12,15H,4,6,11,13,25H2,1-2H3,(H,28,31). The number of nitrogens with zero attached hydrogens (tertiary/aromatic N) is 4. The molecule has 9 heteroatoms. The average molecular weight is 436 g/mol. The van der Waals surface area contributed by atoms with Gasteiger partial charge in [0, 0.05) is 57.3 Å². The second kappa shape index (κ2) is 9.27. The van der Waals surface area contributed by atoms with Crippen molar-refractivity contribution in [2.24, 2.45) is 17.8 Å². The first-order chi connectivity index (χ1) is 15.5. The zero-order chi connectivity index (χ0) is 22.7. The number of imidazole rings is 1. The Morgan fingerprint density at radius 3 is 3.00 bits per heavy atom. The molecule has 1 saturated heterocycles. The number of benzene rings is 1. The number of rotatable bonds is 6. The van der Waals surface area contributed by atoms with Gasteiger partial charge in [-0.15, -0.1) is 0 Å². The minimum absolute atomic E-state index is 0.129. The number of allylic oxidation sites excluding steroid dienone is 1. The Bertz CT molecular complexity index is 1210. The van der Waals surface area contributed by atoms with E-state index < -0.39 is 5.82 Å². The van der Waals surface area contributed by atoms with Gasteiger partial charge in [0.2, 0.25) is 0 Å². The van der Waals surface area contributed by atoms with Crippen LogP contribution in [0.15, 0.2) is 41.7 Å². The Kier molecular flexibility index (Phi) is 6.27. The third-order valence-electron chi connectivity index (χ3n) is 5.52. The normalized spacial score (nSPS) is 16.8. The zero-order valence-electron chi connectivity index (χ0n) is 18.0. The van der Waals surface area contributed by atoms with Crippen LogP contribution in [0.25, 0.3) is 16.6 Å². The number of aryl methyl sites for hydroxylation is 1. The van der Waals surface area contributed by atoms with Crippen molar-refractivity contribution in [3.63, 3.8) is 0 Å². The number of hydrogen-bond acceptors (Lipinski definition) is 6. The summed E-state index contributed by atoms with van der Waals surface area (Å²) in [7, 11) is 3.50. The molecule has 1 aliphatic heterocycles. The smallest absolute Gasteiger partial charge is 0.272 e. The SMILES string of the molecule is CN=CC(=CN)c1cc(F)cc(CNC(=O)c2nccc3nc(C4CCOC4)n(C)c23)c1. The molecule has 1 aliphatic rings. The van der Waals surface area contributed by atoms with Crippen LogP contribution < -0.4 is 11.1 Å². The lowest BCUT2D eigenvalue weighted by molar-refractivity contribution is 0.0947. The highest BCUT2D eigenvalue weighted by Crippen LogP contribution is 2.28. The summed E-state index contributed by atoms with van der Waals surface area (Å²) < 4.78 is 21.6. The molecule has 4 rings (SSSR count). The van der Waals surface area contributed by atoms with Crippen LogP contribution in [0.1, 0.15) is 39.8 Å². The topological polar surface area (TPSA) is 107 Å². The van der Waals surface area contributed by atoms with E-state index in [4.69, 9.17) is 15.5 Å². The number of nitrogens with two attached hydrogens (primary N) is 1. The third kappa shape index (κ3) is 4.24. The van der Waals surface area contributed by atoms with E-state index >= 15 is 0 Å². The molecule has 1 aromatic carbocycles. The van der Waals surface area contributed by atoms with Crippen LogP contribution in [0.2, 0.25) is 0 Å². The lowest BCUT2D eigenvalue weighted by Crippen LogP contribution is -2.24. The van der Waals surface area contributed by atoms with E-state index in [-0.39, 0.29) is 24.1 Å². The first-order valence-electron chi connectivity index (χ1n) is 10.3. The Balaban J connectivity index is 1.58. The van der Waals surface area contributed by atoms with Crippen molar-refractivity contribution in [1.29, 1.82) is 0 Å². The van der Waals surface area contributed by atoms with E-state index in [1.807, 2.05) is 11.6 Å². The molecule has 1 amide bonds. The second-order valence-corrected chi connectivity index (χ2v) is 7.66. The highest BCUT2D eigenvalue weighted by molar-refractivity contribution is 6.09. The highest BCUT2D eigenvalue weighted by Gasteiger charge is 2.25.